The maximum absolute atomic E-state index is 10.8. The Morgan fingerprint density at radius 2 is 1.96 bits per heavy atom. The highest BCUT2D eigenvalue weighted by Gasteiger charge is 2.07. The van der Waals surface area contributed by atoms with Crippen LogP contribution in [-0.4, -0.2) is 18.2 Å². The summed E-state index contributed by atoms with van der Waals surface area (Å²) in [6, 6.07) is 18.0. The maximum Gasteiger partial charge on any atom is 0.269 e. The van der Waals surface area contributed by atoms with Gasteiger partial charge in [-0.2, -0.15) is 0 Å². The minimum Gasteiger partial charge on any atom is -0.496 e. The van der Waals surface area contributed by atoms with Crippen LogP contribution in [0.15, 0.2) is 65.8 Å². The van der Waals surface area contributed by atoms with Crippen LogP contribution >= 0.6 is 0 Å². The Bertz CT molecular complexity index is 938. The van der Waals surface area contributed by atoms with Crippen molar-refractivity contribution >= 4 is 22.7 Å². The van der Waals surface area contributed by atoms with Gasteiger partial charge in [0.15, 0.2) is 0 Å². The number of benzene rings is 3. The van der Waals surface area contributed by atoms with Crippen molar-refractivity contribution in [1.82, 2.24) is 0 Å². The molecule has 0 unspecified atom stereocenters. The number of nitrogens with zero attached hydrogens (tertiary/aromatic N) is 2. The molecule has 0 aliphatic heterocycles. The fourth-order valence-corrected chi connectivity index (χ4v) is 2.55. The standard InChI is InChI=1S/C19H16N2O4/c1-24-19-10-9-15-6-2-3-8-17(15)18(19)12-20-25-13-14-5-4-7-16(11-14)21(22)23/h2-12H,13H2,1H3/b20-12+. The van der Waals surface area contributed by atoms with Crippen molar-refractivity contribution in [2.24, 2.45) is 5.16 Å². The van der Waals surface area contributed by atoms with E-state index in [-0.39, 0.29) is 12.3 Å². The van der Waals surface area contributed by atoms with E-state index in [9.17, 15) is 10.1 Å². The number of oxime groups is 1. The molecule has 0 atom stereocenters. The van der Waals surface area contributed by atoms with Gasteiger partial charge in [0.1, 0.15) is 12.4 Å². The molecule has 3 aromatic carbocycles. The number of nitro benzene ring substituents is 1. The quantitative estimate of drug-likeness (QED) is 0.382. The molecule has 6 heteroatoms. The topological polar surface area (TPSA) is 74.0 Å². The predicted octanol–water partition coefficient (Wildman–Crippen LogP) is 4.31. The molecular formula is C19H16N2O4. The first-order valence-electron chi connectivity index (χ1n) is 7.63. The zero-order chi connectivity index (χ0) is 17.6. The van der Waals surface area contributed by atoms with E-state index >= 15 is 0 Å². The van der Waals surface area contributed by atoms with Crippen LogP contribution in [0, 0.1) is 10.1 Å². The van der Waals surface area contributed by atoms with E-state index in [1.807, 2.05) is 36.4 Å². The molecule has 0 bridgehead atoms. The molecular weight excluding hydrogens is 320 g/mol. The highest BCUT2D eigenvalue weighted by atomic mass is 16.6. The third-order valence-corrected chi connectivity index (χ3v) is 3.76. The van der Waals surface area contributed by atoms with E-state index in [0.717, 1.165) is 16.3 Å². The monoisotopic (exact) mass is 336 g/mol. The van der Waals surface area contributed by atoms with Crippen molar-refractivity contribution in [3.05, 3.63) is 81.9 Å². The third-order valence-electron chi connectivity index (χ3n) is 3.76. The highest BCUT2D eigenvalue weighted by molar-refractivity contribution is 6.02. The van der Waals surface area contributed by atoms with Crippen LogP contribution in [0.3, 0.4) is 0 Å². The number of rotatable bonds is 6. The van der Waals surface area contributed by atoms with Gasteiger partial charge < -0.3 is 9.57 Å². The van der Waals surface area contributed by atoms with Gasteiger partial charge in [-0.1, -0.05) is 47.6 Å². The Balaban J connectivity index is 1.77. The van der Waals surface area contributed by atoms with Crippen LogP contribution in [0.5, 0.6) is 5.75 Å². The first-order valence-corrected chi connectivity index (χ1v) is 7.63. The van der Waals surface area contributed by atoms with Crippen LogP contribution in [0.25, 0.3) is 10.8 Å². The minimum atomic E-state index is -0.437. The van der Waals surface area contributed by atoms with Gasteiger partial charge in [0, 0.05) is 17.7 Å². The summed E-state index contributed by atoms with van der Waals surface area (Å²) in [6.07, 6.45) is 1.60. The SMILES string of the molecule is COc1ccc2ccccc2c1/C=N/OCc1cccc([N+](=O)[O-])c1. The van der Waals surface area contributed by atoms with E-state index < -0.39 is 4.92 Å². The van der Waals surface area contributed by atoms with E-state index in [4.69, 9.17) is 9.57 Å². The summed E-state index contributed by atoms with van der Waals surface area (Å²) in [4.78, 5) is 15.6. The summed E-state index contributed by atoms with van der Waals surface area (Å²) < 4.78 is 5.39. The minimum absolute atomic E-state index is 0.0285. The summed E-state index contributed by atoms with van der Waals surface area (Å²) >= 11 is 0. The van der Waals surface area contributed by atoms with Crippen molar-refractivity contribution in [3.63, 3.8) is 0 Å². The first-order chi connectivity index (χ1) is 12.2. The number of nitro groups is 1. The summed E-state index contributed by atoms with van der Waals surface area (Å²) in [6.45, 7) is 0.144. The summed E-state index contributed by atoms with van der Waals surface area (Å²) in [5.41, 5.74) is 1.52. The molecule has 0 saturated heterocycles. The van der Waals surface area contributed by atoms with Crippen molar-refractivity contribution in [2.75, 3.05) is 7.11 Å². The molecule has 0 N–H and O–H groups in total. The zero-order valence-electron chi connectivity index (χ0n) is 13.6. The maximum atomic E-state index is 10.8. The number of hydrogen-bond donors (Lipinski definition) is 0. The Kier molecular flexibility index (Phi) is 4.89. The van der Waals surface area contributed by atoms with Crippen LogP contribution < -0.4 is 4.74 Å². The summed E-state index contributed by atoms with van der Waals surface area (Å²) in [5, 5.41) is 16.9. The molecule has 3 aromatic rings. The van der Waals surface area contributed by atoms with Gasteiger partial charge in [0.05, 0.1) is 18.2 Å². The van der Waals surface area contributed by atoms with Crippen LogP contribution in [0.2, 0.25) is 0 Å². The van der Waals surface area contributed by atoms with Gasteiger partial charge in [-0.25, -0.2) is 0 Å². The van der Waals surface area contributed by atoms with Gasteiger partial charge in [-0.15, -0.1) is 0 Å². The fourth-order valence-electron chi connectivity index (χ4n) is 2.55. The van der Waals surface area contributed by atoms with Crippen LogP contribution in [0.1, 0.15) is 11.1 Å². The normalized spacial score (nSPS) is 10.9. The van der Waals surface area contributed by atoms with E-state index in [1.54, 1.807) is 25.5 Å². The number of ether oxygens (including phenoxy) is 1. The predicted molar refractivity (Wildman–Crippen MR) is 96.0 cm³/mol. The van der Waals surface area contributed by atoms with E-state index in [0.29, 0.717) is 11.3 Å². The van der Waals surface area contributed by atoms with Gasteiger partial charge in [0.25, 0.3) is 5.69 Å². The lowest BCUT2D eigenvalue weighted by atomic mass is 10.0. The molecule has 0 saturated carbocycles. The van der Waals surface area contributed by atoms with Crippen molar-refractivity contribution < 1.29 is 14.5 Å². The second-order valence-electron chi connectivity index (χ2n) is 5.34. The van der Waals surface area contributed by atoms with Gasteiger partial charge in [-0.05, 0) is 22.4 Å². The summed E-state index contributed by atoms with van der Waals surface area (Å²) in [7, 11) is 1.60. The first kappa shape index (κ1) is 16.4. The molecule has 0 spiro atoms. The molecule has 0 fully saturated rings. The molecule has 0 radical (unpaired) electrons. The van der Waals surface area contributed by atoms with Crippen molar-refractivity contribution in [3.8, 4) is 5.75 Å². The zero-order valence-corrected chi connectivity index (χ0v) is 13.6. The smallest absolute Gasteiger partial charge is 0.269 e. The van der Waals surface area contributed by atoms with Crippen LogP contribution in [0.4, 0.5) is 5.69 Å². The average molecular weight is 336 g/mol. The second kappa shape index (κ2) is 7.44. The molecule has 0 aromatic heterocycles. The van der Waals surface area contributed by atoms with Gasteiger partial charge in [-0.3, -0.25) is 10.1 Å². The molecule has 3 rings (SSSR count). The summed E-state index contributed by atoms with van der Waals surface area (Å²) in [5.74, 6) is 0.696. The van der Waals surface area contributed by atoms with Crippen molar-refractivity contribution in [1.29, 1.82) is 0 Å². The Labute approximate surface area is 144 Å². The average Bonchev–Trinajstić information content (AvgIpc) is 2.65. The van der Waals surface area contributed by atoms with Gasteiger partial charge >= 0.3 is 0 Å². The molecule has 0 aliphatic carbocycles. The van der Waals surface area contributed by atoms with E-state index in [1.165, 1.54) is 12.1 Å². The Morgan fingerprint density at radius 3 is 2.76 bits per heavy atom. The highest BCUT2D eigenvalue weighted by Crippen LogP contribution is 2.26. The number of methoxy groups -OCH3 is 1. The lowest BCUT2D eigenvalue weighted by molar-refractivity contribution is -0.384. The van der Waals surface area contributed by atoms with E-state index in [2.05, 4.69) is 5.16 Å². The second-order valence-corrected chi connectivity index (χ2v) is 5.34. The van der Waals surface area contributed by atoms with Crippen molar-refractivity contribution in [2.45, 2.75) is 6.61 Å². The lowest BCUT2D eigenvalue weighted by Crippen LogP contribution is -1.94. The molecule has 126 valence electrons. The van der Waals surface area contributed by atoms with Crippen LogP contribution in [-0.2, 0) is 11.4 Å². The number of hydrogen-bond acceptors (Lipinski definition) is 5. The van der Waals surface area contributed by atoms with Gasteiger partial charge in [0.2, 0.25) is 0 Å². The third kappa shape index (κ3) is 3.74. The molecule has 0 amide bonds. The molecule has 0 aliphatic rings. The molecule has 6 nitrogen and oxygen atoms in total. The Hall–Kier alpha value is -3.41. The number of fused-ring (bicyclic) bond motifs is 1. The fraction of sp³-hybridized carbons (Fsp3) is 0.105. The largest absolute Gasteiger partial charge is 0.496 e. The Morgan fingerprint density at radius 1 is 1.12 bits per heavy atom. The number of non-ortho nitro benzene ring substituents is 1. The molecule has 0 heterocycles. The lowest BCUT2D eigenvalue weighted by Gasteiger charge is -2.08. The molecule has 25 heavy (non-hydrogen) atoms.